The normalized spacial score (nSPS) is 15.9. The zero-order valence-electron chi connectivity index (χ0n) is 22.5. The van der Waals surface area contributed by atoms with Gasteiger partial charge in [0.2, 0.25) is 5.43 Å². The van der Waals surface area contributed by atoms with Gasteiger partial charge < -0.3 is 20.4 Å². The Bertz CT molecular complexity index is 1440. The molecule has 3 aromatic heterocycles. The monoisotopic (exact) mass is 522 g/mol. The molecule has 1 atom stereocenters. The maximum atomic E-state index is 13.6. The number of nitrogens with one attached hydrogen (secondary N) is 2. The van der Waals surface area contributed by atoms with Crippen molar-refractivity contribution in [3.63, 3.8) is 0 Å². The zero-order chi connectivity index (χ0) is 26.5. The molecule has 0 radical (unpaired) electrons. The SMILES string of the molecule is CC.CN(C)CCNc1ccc2c(=O)c(C(=O)NCCC3CCCN3C)c3sc4ccccc4n3c2n1. The van der Waals surface area contributed by atoms with Crippen molar-refractivity contribution < 1.29 is 4.79 Å². The first-order valence-corrected chi connectivity index (χ1v) is 14.0. The number of rotatable bonds is 8. The minimum absolute atomic E-state index is 0.202. The van der Waals surface area contributed by atoms with E-state index in [0.717, 1.165) is 42.7 Å². The van der Waals surface area contributed by atoms with Gasteiger partial charge in [-0.1, -0.05) is 26.0 Å². The van der Waals surface area contributed by atoms with Crippen molar-refractivity contribution >= 4 is 49.1 Å². The molecule has 1 aliphatic heterocycles. The maximum Gasteiger partial charge on any atom is 0.258 e. The van der Waals surface area contributed by atoms with Crippen molar-refractivity contribution in [2.24, 2.45) is 0 Å². The Hall–Kier alpha value is -3.01. The van der Waals surface area contributed by atoms with E-state index in [2.05, 4.69) is 27.5 Å². The van der Waals surface area contributed by atoms with E-state index in [1.165, 1.54) is 17.8 Å². The molecule has 37 heavy (non-hydrogen) atoms. The van der Waals surface area contributed by atoms with Gasteiger partial charge in [0.15, 0.2) is 5.65 Å². The zero-order valence-corrected chi connectivity index (χ0v) is 23.3. The molecule has 9 heteroatoms. The van der Waals surface area contributed by atoms with Crippen LogP contribution in [0.5, 0.6) is 0 Å². The fourth-order valence-electron chi connectivity index (χ4n) is 4.88. The topological polar surface area (TPSA) is 82.0 Å². The fraction of sp³-hybridized carbons (Fsp3) is 0.464. The number of anilines is 1. The number of hydrogen-bond donors (Lipinski definition) is 2. The summed E-state index contributed by atoms with van der Waals surface area (Å²) in [5, 5.41) is 6.82. The second kappa shape index (κ2) is 12.0. The summed E-state index contributed by atoms with van der Waals surface area (Å²) in [6.07, 6.45) is 3.24. The van der Waals surface area contributed by atoms with E-state index >= 15 is 0 Å². The Morgan fingerprint density at radius 3 is 2.68 bits per heavy atom. The van der Waals surface area contributed by atoms with Crippen molar-refractivity contribution in [2.45, 2.75) is 39.2 Å². The number of hydrogen-bond acceptors (Lipinski definition) is 7. The molecule has 1 unspecified atom stereocenters. The number of benzene rings is 1. The van der Waals surface area contributed by atoms with E-state index < -0.39 is 0 Å². The molecule has 1 saturated heterocycles. The highest BCUT2D eigenvalue weighted by molar-refractivity contribution is 7.24. The molecular formula is C28H38N6O2S. The highest BCUT2D eigenvalue weighted by atomic mass is 32.1. The third-order valence-corrected chi connectivity index (χ3v) is 7.96. The molecule has 1 aliphatic rings. The van der Waals surface area contributed by atoms with Crippen LogP contribution < -0.4 is 16.1 Å². The molecule has 0 bridgehead atoms. The van der Waals surface area contributed by atoms with Gasteiger partial charge in [-0.05, 0) is 71.2 Å². The van der Waals surface area contributed by atoms with Crippen LogP contribution in [0.3, 0.4) is 0 Å². The van der Waals surface area contributed by atoms with Gasteiger partial charge in [0.05, 0.1) is 15.6 Å². The lowest BCUT2D eigenvalue weighted by atomic mass is 10.1. The molecule has 198 valence electrons. The predicted molar refractivity (Wildman–Crippen MR) is 155 cm³/mol. The third kappa shape index (κ3) is 5.63. The molecule has 4 heterocycles. The lowest BCUT2D eigenvalue weighted by Gasteiger charge is -2.19. The Balaban J connectivity index is 0.00000156. The number of amides is 1. The summed E-state index contributed by atoms with van der Waals surface area (Å²) in [7, 11) is 6.18. The van der Waals surface area contributed by atoms with Gasteiger partial charge in [0.1, 0.15) is 16.2 Å². The minimum Gasteiger partial charge on any atom is -0.369 e. The lowest BCUT2D eigenvalue weighted by molar-refractivity contribution is 0.0951. The van der Waals surface area contributed by atoms with Gasteiger partial charge in [-0.15, -0.1) is 11.3 Å². The van der Waals surface area contributed by atoms with Crippen molar-refractivity contribution in [1.29, 1.82) is 0 Å². The van der Waals surface area contributed by atoms with Crippen molar-refractivity contribution in [3.05, 3.63) is 52.2 Å². The third-order valence-electron chi connectivity index (χ3n) is 6.82. The number of likely N-dealkylation sites (N-methyl/N-ethyl adjacent to an activating group) is 1. The Labute approximate surface area is 222 Å². The second-order valence-electron chi connectivity index (χ2n) is 9.53. The van der Waals surface area contributed by atoms with Crippen molar-refractivity contribution in [3.8, 4) is 0 Å². The first kappa shape index (κ1) is 27.0. The number of likely N-dealkylation sites (tertiary alicyclic amines) is 1. The minimum atomic E-state index is -0.310. The molecule has 8 nitrogen and oxygen atoms in total. The molecule has 0 aliphatic carbocycles. The van der Waals surface area contributed by atoms with Crippen LogP contribution in [0.25, 0.3) is 26.1 Å². The van der Waals surface area contributed by atoms with Crippen LogP contribution in [-0.2, 0) is 0 Å². The van der Waals surface area contributed by atoms with E-state index in [-0.39, 0.29) is 16.9 Å². The van der Waals surface area contributed by atoms with Crippen LogP contribution in [0.4, 0.5) is 5.82 Å². The molecule has 1 amide bonds. The molecule has 2 N–H and O–H groups in total. The first-order valence-electron chi connectivity index (χ1n) is 13.2. The standard InChI is InChI=1S/C26H32N6O2S.C2H6/c1-30(2)16-14-27-21-11-10-18-23(33)22(25(34)28-13-12-17-7-6-15-31(17)3)26-32(24(18)29-21)19-8-4-5-9-20(19)35-26;1-2/h4-5,8-11,17H,6-7,12-16H2,1-3H3,(H,27,29)(H,28,34);1-2H3. The summed E-state index contributed by atoms with van der Waals surface area (Å²) in [5.74, 6) is 0.399. The van der Waals surface area contributed by atoms with E-state index in [0.29, 0.717) is 34.3 Å². The van der Waals surface area contributed by atoms with Gasteiger partial charge >= 0.3 is 0 Å². The number of nitrogens with zero attached hydrogens (tertiary/aromatic N) is 4. The van der Waals surface area contributed by atoms with E-state index in [4.69, 9.17) is 4.98 Å². The summed E-state index contributed by atoms with van der Waals surface area (Å²) in [4.78, 5) is 36.8. The Morgan fingerprint density at radius 2 is 1.95 bits per heavy atom. The summed E-state index contributed by atoms with van der Waals surface area (Å²) in [6, 6.07) is 12.0. The van der Waals surface area contributed by atoms with E-state index in [1.54, 1.807) is 6.07 Å². The number of para-hydroxylation sites is 1. The quantitative estimate of drug-likeness (QED) is 0.360. The molecule has 0 spiro atoms. The van der Waals surface area contributed by atoms with Crippen LogP contribution in [0.1, 0.15) is 43.5 Å². The molecular weight excluding hydrogens is 484 g/mol. The van der Waals surface area contributed by atoms with Gasteiger partial charge in [-0.3, -0.25) is 14.0 Å². The number of aromatic nitrogens is 2. The van der Waals surface area contributed by atoms with Crippen LogP contribution in [0.2, 0.25) is 0 Å². The van der Waals surface area contributed by atoms with Crippen molar-refractivity contribution in [2.75, 3.05) is 52.6 Å². The summed E-state index contributed by atoms with van der Waals surface area (Å²) in [5.41, 5.74) is 1.45. The molecule has 1 aromatic carbocycles. The first-order chi connectivity index (χ1) is 17.9. The summed E-state index contributed by atoms with van der Waals surface area (Å²) < 4.78 is 2.97. The number of thiazole rings is 1. The smallest absolute Gasteiger partial charge is 0.258 e. The van der Waals surface area contributed by atoms with E-state index in [1.807, 2.05) is 62.7 Å². The number of carbonyl (C=O) groups excluding carboxylic acids is 1. The van der Waals surface area contributed by atoms with Gasteiger partial charge in [0.25, 0.3) is 5.91 Å². The molecule has 0 saturated carbocycles. The van der Waals surface area contributed by atoms with E-state index in [9.17, 15) is 9.59 Å². The number of pyridine rings is 2. The van der Waals surface area contributed by atoms with Crippen LogP contribution in [0, 0.1) is 0 Å². The largest absolute Gasteiger partial charge is 0.369 e. The highest BCUT2D eigenvalue weighted by Gasteiger charge is 2.24. The summed E-state index contributed by atoms with van der Waals surface area (Å²) >= 11 is 1.46. The summed E-state index contributed by atoms with van der Waals surface area (Å²) in [6.45, 7) is 7.26. The Morgan fingerprint density at radius 1 is 1.16 bits per heavy atom. The van der Waals surface area contributed by atoms with Crippen LogP contribution in [-0.4, -0.2) is 78.5 Å². The molecule has 1 fully saturated rings. The Kier molecular flexibility index (Phi) is 8.79. The number of fused-ring (bicyclic) bond motifs is 5. The predicted octanol–water partition coefficient (Wildman–Crippen LogP) is 4.28. The highest BCUT2D eigenvalue weighted by Crippen LogP contribution is 2.31. The number of carbonyl (C=O) groups is 1. The lowest BCUT2D eigenvalue weighted by Crippen LogP contribution is -2.34. The fourth-order valence-corrected chi connectivity index (χ4v) is 6.06. The average molecular weight is 523 g/mol. The van der Waals surface area contributed by atoms with Gasteiger partial charge in [0, 0.05) is 25.7 Å². The maximum absolute atomic E-state index is 13.6. The second-order valence-corrected chi connectivity index (χ2v) is 10.6. The average Bonchev–Trinajstić information content (AvgIpc) is 3.48. The van der Waals surface area contributed by atoms with Gasteiger partial charge in [-0.2, -0.15) is 0 Å². The van der Waals surface area contributed by atoms with Crippen LogP contribution >= 0.6 is 11.3 Å². The molecule has 4 aromatic rings. The van der Waals surface area contributed by atoms with Crippen molar-refractivity contribution in [1.82, 2.24) is 24.5 Å². The van der Waals surface area contributed by atoms with Gasteiger partial charge in [-0.25, -0.2) is 4.98 Å². The van der Waals surface area contributed by atoms with Crippen LogP contribution in [0.15, 0.2) is 41.2 Å². The molecule has 5 rings (SSSR count).